The zero-order valence-corrected chi connectivity index (χ0v) is 12.0. The molecule has 0 amide bonds. The van der Waals surface area contributed by atoms with Crippen LogP contribution in [0.3, 0.4) is 0 Å². The number of hydrogen-bond donors (Lipinski definition) is 1. The molecule has 0 radical (unpaired) electrons. The monoisotopic (exact) mass is 281 g/mol. The molecule has 0 aromatic rings. The van der Waals surface area contributed by atoms with Crippen LogP contribution in [0.2, 0.25) is 0 Å². The fourth-order valence-corrected chi connectivity index (χ4v) is 4.63. The van der Waals surface area contributed by atoms with Crippen LogP contribution in [0.25, 0.3) is 0 Å². The minimum absolute atomic E-state index is 0.0735. The Hall–Kier alpha value is 0.100. The summed E-state index contributed by atoms with van der Waals surface area (Å²) in [4.78, 5) is 0. The summed E-state index contributed by atoms with van der Waals surface area (Å²) in [6.45, 7) is 7.25. The second-order valence-corrected chi connectivity index (χ2v) is 7.76. The molecular formula is C13H22F3NS. The zero-order valence-electron chi connectivity index (χ0n) is 11.2. The van der Waals surface area contributed by atoms with Gasteiger partial charge in [0.05, 0.1) is 0 Å². The zero-order chi connectivity index (χ0) is 13.6. The molecule has 0 heterocycles. The largest absolute Gasteiger partial charge is 0.441 e. The van der Waals surface area contributed by atoms with Gasteiger partial charge in [0, 0.05) is 18.3 Å². The van der Waals surface area contributed by atoms with Crippen LogP contribution >= 0.6 is 11.8 Å². The van der Waals surface area contributed by atoms with Crippen LogP contribution in [0, 0.1) is 16.7 Å². The van der Waals surface area contributed by atoms with Gasteiger partial charge < -0.3 is 5.32 Å². The lowest BCUT2D eigenvalue weighted by Gasteiger charge is -2.43. The second-order valence-electron chi connectivity index (χ2n) is 6.60. The number of rotatable bonds is 4. The molecule has 2 rings (SSSR count). The summed E-state index contributed by atoms with van der Waals surface area (Å²) >= 11 is 0.0735. The minimum Gasteiger partial charge on any atom is -0.312 e. The maximum atomic E-state index is 12.1. The first kappa shape index (κ1) is 14.5. The lowest BCUT2D eigenvalue weighted by atomic mass is 9.68. The van der Waals surface area contributed by atoms with Crippen LogP contribution in [0.1, 0.15) is 40.0 Å². The maximum Gasteiger partial charge on any atom is 0.441 e. The summed E-state index contributed by atoms with van der Waals surface area (Å²) in [5.41, 5.74) is -3.59. The second kappa shape index (κ2) is 4.58. The Kier molecular flexibility index (Phi) is 3.69. The van der Waals surface area contributed by atoms with Crippen LogP contribution in [0.4, 0.5) is 13.2 Å². The Morgan fingerprint density at radius 2 is 1.94 bits per heavy atom. The molecule has 0 saturated heterocycles. The van der Waals surface area contributed by atoms with Gasteiger partial charge in [0.25, 0.3) is 0 Å². The minimum atomic E-state index is -4.10. The lowest BCUT2D eigenvalue weighted by molar-refractivity contribution is -0.0327. The highest BCUT2D eigenvalue weighted by molar-refractivity contribution is 8.00. The number of nitrogens with one attached hydrogen (secondary N) is 1. The predicted octanol–water partition coefficient (Wildman–Crippen LogP) is 4.04. The van der Waals surface area contributed by atoms with Crippen molar-refractivity contribution in [1.82, 2.24) is 5.32 Å². The number of halogens is 3. The van der Waals surface area contributed by atoms with Crippen molar-refractivity contribution in [3.05, 3.63) is 0 Å². The van der Waals surface area contributed by atoms with E-state index in [0.29, 0.717) is 12.6 Å². The van der Waals surface area contributed by atoms with Gasteiger partial charge in [0.1, 0.15) is 0 Å². The first-order chi connectivity index (χ1) is 8.15. The molecule has 0 aliphatic heterocycles. The van der Waals surface area contributed by atoms with Crippen molar-refractivity contribution in [3.8, 4) is 0 Å². The van der Waals surface area contributed by atoms with E-state index in [-0.39, 0.29) is 28.3 Å². The third-order valence-corrected chi connectivity index (χ3v) is 5.72. The van der Waals surface area contributed by atoms with Crippen LogP contribution in [-0.2, 0) is 0 Å². The van der Waals surface area contributed by atoms with E-state index in [4.69, 9.17) is 0 Å². The Labute approximate surface area is 111 Å². The molecule has 2 aliphatic carbocycles. The van der Waals surface area contributed by atoms with Gasteiger partial charge in [0.15, 0.2) is 0 Å². The van der Waals surface area contributed by atoms with Gasteiger partial charge in [-0.2, -0.15) is 13.2 Å². The Balaban J connectivity index is 1.86. The highest BCUT2D eigenvalue weighted by Crippen LogP contribution is 2.62. The van der Waals surface area contributed by atoms with Gasteiger partial charge >= 0.3 is 5.51 Å². The van der Waals surface area contributed by atoms with E-state index in [2.05, 4.69) is 26.1 Å². The molecule has 2 fully saturated rings. The van der Waals surface area contributed by atoms with Gasteiger partial charge in [-0.1, -0.05) is 20.8 Å². The third-order valence-electron chi connectivity index (χ3n) is 4.99. The highest BCUT2D eigenvalue weighted by atomic mass is 32.2. The molecule has 2 bridgehead atoms. The molecule has 1 nitrogen and oxygen atoms in total. The number of hydrogen-bond acceptors (Lipinski definition) is 2. The molecule has 0 spiro atoms. The van der Waals surface area contributed by atoms with Crippen molar-refractivity contribution in [1.29, 1.82) is 0 Å². The molecule has 2 saturated carbocycles. The molecule has 3 unspecified atom stereocenters. The highest BCUT2D eigenvalue weighted by Gasteiger charge is 2.58. The lowest BCUT2D eigenvalue weighted by Crippen LogP contribution is -2.50. The van der Waals surface area contributed by atoms with Crippen molar-refractivity contribution in [3.63, 3.8) is 0 Å². The molecule has 18 heavy (non-hydrogen) atoms. The van der Waals surface area contributed by atoms with E-state index in [1.807, 2.05) is 0 Å². The average Bonchev–Trinajstić information content (AvgIpc) is 2.66. The van der Waals surface area contributed by atoms with Crippen LogP contribution in [0.5, 0.6) is 0 Å². The molecule has 0 aromatic carbocycles. The van der Waals surface area contributed by atoms with Crippen LogP contribution in [-0.4, -0.2) is 23.8 Å². The summed E-state index contributed by atoms with van der Waals surface area (Å²) in [6.07, 6.45) is 3.72. The van der Waals surface area contributed by atoms with Crippen LogP contribution in [0.15, 0.2) is 0 Å². The van der Waals surface area contributed by atoms with Crippen molar-refractivity contribution in [2.24, 2.45) is 16.7 Å². The molecular weight excluding hydrogens is 259 g/mol. The Morgan fingerprint density at radius 3 is 2.44 bits per heavy atom. The molecule has 3 atom stereocenters. The van der Waals surface area contributed by atoms with Gasteiger partial charge in [-0.15, -0.1) is 0 Å². The summed E-state index contributed by atoms with van der Waals surface area (Å²) in [5.74, 6) is 0.840. The molecule has 5 heteroatoms. The van der Waals surface area contributed by atoms with E-state index in [9.17, 15) is 13.2 Å². The summed E-state index contributed by atoms with van der Waals surface area (Å²) < 4.78 is 36.2. The van der Waals surface area contributed by atoms with Crippen molar-refractivity contribution in [2.75, 3.05) is 12.3 Å². The molecule has 0 aromatic heterocycles. The van der Waals surface area contributed by atoms with Gasteiger partial charge in [0.2, 0.25) is 0 Å². The van der Waals surface area contributed by atoms with E-state index in [1.165, 1.54) is 19.3 Å². The third kappa shape index (κ3) is 2.67. The van der Waals surface area contributed by atoms with Gasteiger partial charge in [-0.3, -0.25) is 0 Å². The molecule has 2 aliphatic rings. The Bertz CT molecular complexity index is 311. The fraction of sp³-hybridized carbons (Fsp3) is 1.00. The standard InChI is InChI=1S/C13H22F3NS/c1-11(2)9-4-5-12(3,8-9)10(11)17-6-7-18-13(14,15)16/h9-10,17H,4-8H2,1-3H3. The van der Waals surface area contributed by atoms with E-state index in [0.717, 1.165) is 5.92 Å². The molecule has 106 valence electrons. The van der Waals surface area contributed by atoms with Crippen LogP contribution < -0.4 is 5.32 Å². The van der Waals surface area contributed by atoms with Gasteiger partial charge in [-0.05, 0) is 47.8 Å². The first-order valence-corrected chi connectivity index (χ1v) is 7.58. The number of thioether (sulfide) groups is 1. The summed E-state index contributed by atoms with van der Waals surface area (Å²) in [7, 11) is 0. The smallest absolute Gasteiger partial charge is 0.312 e. The first-order valence-electron chi connectivity index (χ1n) is 6.59. The van der Waals surface area contributed by atoms with Crippen molar-refractivity contribution in [2.45, 2.75) is 51.6 Å². The van der Waals surface area contributed by atoms with Gasteiger partial charge in [-0.25, -0.2) is 0 Å². The average molecular weight is 281 g/mol. The predicted molar refractivity (Wildman–Crippen MR) is 69.5 cm³/mol. The molecule has 1 N–H and O–H groups in total. The van der Waals surface area contributed by atoms with E-state index in [1.54, 1.807) is 0 Å². The summed E-state index contributed by atoms with van der Waals surface area (Å²) in [6, 6.07) is 0.359. The quantitative estimate of drug-likeness (QED) is 0.780. The summed E-state index contributed by atoms with van der Waals surface area (Å²) in [5, 5.41) is 3.40. The topological polar surface area (TPSA) is 12.0 Å². The van der Waals surface area contributed by atoms with E-state index >= 15 is 0 Å². The maximum absolute atomic E-state index is 12.1. The number of alkyl halides is 3. The van der Waals surface area contributed by atoms with E-state index < -0.39 is 5.51 Å². The Morgan fingerprint density at radius 1 is 1.28 bits per heavy atom. The number of fused-ring (bicyclic) bond motifs is 2. The normalized spacial score (nSPS) is 38.3. The SMILES string of the molecule is CC12CCC(C1)C(C)(C)C2NCCSC(F)(F)F. The van der Waals surface area contributed by atoms with Crippen molar-refractivity contribution >= 4 is 11.8 Å². The fourth-order valence-electron chi connectivity index (χ4n) is 4.18. The van der Waals surface area contributed by atoms with Crippen molar-refractivity contribution < 1.29 is 13.2 Å².